The Morgan fingerprint density at radius 3 is 2.12 bits per heavy atom. The average Bonchev–Trinajstić information content (AvgIpc) is 2.28. The predicted octanol–water partition coefficient (Wildman–Crippen LogP) is 3.17. The largest absolute Gasteiger partial charge is 0.497 e. The zero-order valence-corrected chi connectivity index (χ0v) is 9.46. The number of hydrogen-bond donors (Lipinski definition) is 0. The lowest BCUT2D eigenvalue weighted by molar-refractivity contribution is -0.0203. The molecule has 0 fully saturated rings. The summed E-state index contributed by atoms with van der Waals surface area (Å²) in [6.07, 6.45) is 0. The number of halogens is 2. The second kappa shape index (κ2) is 4.60. The maximum atomic E-state index is 13.4. The van der Waals surface area contributed by atoms with Gasteiger partial charge in [0.25, 0.3) is 0 Å². The van der Waals surface area contributed by atoms with E-state index in [1.54, 1.807) is 0 Å². The molecule has 0 aromatic heterocycles. The molecule has 0 unspecified atom stereocenters. The number of Topliss-reactive ketones (excluding diaryl/α,β-unsaturated/α-hetero) is 1. The van der Waals surface area contributed by atoms with Crippen LogP contribution in [0.4, 0.5) is 8.78 Å². The first-order chi connectivity index (χ1) is 7.39. The second-order valence-corrected chi connectivity index (χ2v) is 3.84. The summed E-state index contributed by atoms with van der Waals surface area (Å²) in [6.45, 7) is 2.64. The number of rotatable bonds is 4. The van der Waals surface area contributed by atoms with E-state index < -0.39 is 17.6 Å². The normalized spacial score (nSPS) is 11.6. The fraction of sp³-hybridized carbons (Fsp3) is 0.417. The van der Waals surface area contributed by atoms with E-state index >= 15 is 0 Å². The van der Waals surface area contributed by atoms with Crippen molar-refractivity contribution < 1.29 is 18.3 Å². The molecule has 2 nitrogen and oxygen atoms in total. The highest BCUT2D eigenvalue weighted by Gasteiger charge is 2.42. The van der Waals surface area contributed by atoms with Crippen molar-refractivity contribution in [2.45, 2.75) is 19.8 Å². The van der Waals surface area contributed by atoms with Gasteiger partial charge in [-0.25, -0.2) is 0 Å². The molecule has 0 N–H and O–H groups in total. The summed E-state index contributed by atoms with van der Waals surface area (Å²) in [5, 5.41) is 0. The van der Waals surface area contributed by atoms with Gasteiger partial charge in [-0.05, 0) is 24.3 Å². The van der Waals surface area contributed by atoms with Gasteiger partial charge in [0.15, 0.2) is 0 Å². The van der Waals surface area contributed by atoms with E-state index in [2.05, 4.69) is 0 Å². The van der Waals surface area contributed by atoms with E-state index in [4.69, 9.17) is 4.74 Å². The first-order valence-electron chi connectivity index (χ1n) is 4.96. The van der Waals surface area contributed by atoms with Gasteiger partial charge in [0.1, 0.15) is 5.75 Å². The summed E-state index contributed by atoms with van der Waals surface area (Å²) < 4.78 is 31.7. The number of ketones is 1. The minimum absolute atomic E-state index is 0.000463. The molecule has 0 aliphatic rings. The number of benzene rings is 1. The maximum absolute atomic E-state index is 13.4. The highest BCUT2D eigenvalue weighted by atomic mass is 19.3. The third-order valence-electron chi connectivity index (χ3n) is 2.38. The second-order valence-electron chi connectivity index (χ2n) is 3.84. The summed E-state index contributed by atoms with van der Waals surface area (Å²) in [5.74, 6) is -4.95. The van der Waals surface area contributed by atoms with Gasteiger partial charge in [0, 0.05) is 11.5 Å². The third-order valence-corrected chi connectivity index (χ3v) is 2.38. The van der Waals surface area contributed by atoms with Crippen molar-refractivity contribution in [1.29, 1.82) is 0 Å². The van der Waals surface area contributed by atoms with Crippen LogP contribution in [0.1, 0.15) is 24.2 Å². The van der Waals surface area contributed by atoms with Crippen molar-refractivity contribution in [3.63, 3.8) is 0 Å². The molecule has 1 aromatic carbocycles. The van der Waals surface area contributed by atoms with Gasteiger partial charge in [-0.2, -0.15) is 8.78 Å². The Bertz CT molecular complexity index is 369. The lowest BCUT2D eigenvalue weighted by Crippen LogP contribution is -2.34. The van der Waals surface area contributed by atoms with Crippen molar-refractivity contribution in [3.05, 3.63) is 29.8 Å². The fourth-order valence-electron chi connectivity index (χ4n) is 1.20. The van der Waals surface area contributed by atoms with Gasteiger partial charge in [-0.1, -0.05) is 13.8 Å². The Labute approximate surface area is 93.2 Å². The number of methoxy groups -OCH3 is 1. The minimum atomic E-state index is -3.32. The molecule has 0 atom stereocenters. The Morgan fingerprint density at radius 2 is 1.75 bits per heavy atom. The molecular weight excluding hydrogens is 214 g/mol. The number of hydrogen-bond acceptors (Lipinski definition) is 2. The molecule has 0 spiro atoms. The van der Waals surface area contributed by atoms with Crippen LogP contribution in [0.15, 0.2) is 24.3 Å². The molecule has 0 heterocycles. The molecule has 1 rings (SSSR count). The minimum Gasteiger partial charge on any atom is -0.497 e. The van der Waals surface area contributed by atoms with Gasteiger partial charge in [-0.3, -0.25) is 4.79 Å². The van der Waals surface area contributed by atoms with Crippen LogP contribution >= 0.6 is 0 Å². The zero-order valence-electron chi connectivity index (χ0n) is 9.46. The molecule has 0 bridgehead atoms. The number of ether oxygens (including phenoxy) is 1. The van der Waals surface area contributed by atoms with Crippen molar-refractivity contribution in [1.82, 2.24) is 0 Å². The third kappa shape index (κ3) is 2.38. The summed E-state index contributed by atoms with van der Waals surface area (Å²) in [4.78, 5) is 11.5. The number of carbonyl (C=O) groups is 1. The summed E-state index contributed by atoms with van der Waals surface area (Å²) in [6, 6.07) is 5.67. The van der Waals surface area contributed by atoms with E-state index in [1.807, 2.05) is 0 Å². The monoisotopic (exact) mass is 228 g/mol. The zero-order chi connectivity index (χ0) is 12.3. The smallest absolute Gasteiger partial charge is 0.311 e. The van der Waals surface area contributed by atoms with Crippen molar-refractivity contribution in [2.24, 2.45) is 5.92 Å². The van der Waals surface area contributed by atoms with E-state index in [0.717, 1.165) is 0 Å². The first-order valence-corrected chi connectivity index (χ1v) is 4.96. The highest BCUT2D eigenvalue weighted by molar-refractivity contribution is 6.01. The lowest BCUT2D eigenvalue weighted by atomic mass is 9.96. The SMILES string of the molecule is COc1ccc(C(=O)C(F)(F)C(C)C)cc1. The molecule has 0 aliphatic heterocycles. The van der Waals surface area contributed by atoms with Gasteiger partial charge in [0.2, 0.25) is 5.78 Å². The van der Waals surface area contributed by atoms with E-state index in [1.165, 1.54) is 45.2 Å². The van der Waals surface area contributed by atoms with Crippen LogP contribution in [0, 0.1) is 5.92 Å². The first kappa shape index (κ1) is 12.6. The molecule has 0 saturated carbocycles. The van der Waals surface area contributed by atoms with Crippen molar-refractivity contribution in [2.75, 3.05) is 7.11 Å². The Balaban J connectivity index is 2.97. The van der Waals surface area contributed by atoms with Crippen LogP contribution in [0.2, 0.25) is 0 Å². The molecule has 0 amide bonds. The maximum Gasteiger partial charge on any atom is 0.311 e. The molecular formula is C12H14F2O2. The molecule has 0 aliphatic carbocycles. The van der Waals surface area contributed by atoms with E-state index in [9.17, 15) is 13.6 Å². The van der Waals surface area contributed by atoms with Gasteiger partial charge >= 0.3 is 5.92 Å². The van der Waals surface area contributed by atoms with Crippen molar-refractivity contribution in [3.8, 4) is 5.75 Å². The molecule has 0 radical (unpaired) electrons. The topological polar surface area (TPSA) is 26.3 Å². The van der Waals surface area contributed by atoms with E-state index in [0.29, 0.717) is 5.75 Å². The Hall–Kier alpha value is -1.45. The summed E-state index contributed by atoms with van der Waals surface area (Å²) in [7, 11) is 1.47. The van der Waals surface area contributed by atoms with Gasteiger partial charge < -0.3 is 4.74 Å². The van der Waals surface area contributed by atoms with Crippen LogP contribution in [0.5, 0.6) is 5.75 Å². The average molecular weight is 228 g/mol. The Kier molecular flexibility index (Phi) is 3.62. The van der Waals surface area contributed by atoms with Gasteiger partial charge in [0.05, 0.1) is 7.11 Å². The van der Waals surface area contributed by atoms with Crippen LogP contribution < -0.4 is 4.74 Å². The molecule has 1 aromatic rings. The van der Waals surface area contributed by atoms with Gasteiger partial charge in [-0.15, -0.1) is 0 Å². The summed E-state index contributed by atoms with van der Waals surface area (Å²) in [5.41, 5.74) is -0.000463. The number of carbonyl (C=O) groups excluding carboxylic acids is 1. The van der Waals surface area contributed by atoms with Crippen LogP contribution in [-0.2, 0) is 0 Å². The molecule has 0 saturated heterocycles. The predicted molar refractivity (Wildman–Crippen MR) is 57.1 cm³/mol. The molecule has 4 heteroatoms. The standard InChI is InChI=1S/C12H14F2O2/c1-8(2)12(13,14)11(15)9-4-6-10(16-3)7-5-9/h4-8H,1-3H3. The van der Waals surface area contributed by atoms with Crippen LogP contribution in [-0.4, -0.2) is 18.8 Å². The van der Waals surface area contributed by atoms with E-state index in [-0.39, 0.29) is 5.56 Å². The fourth-order valence-corrected chi connectivity index (χ4v) is 1.20. The molecule has 16 heavy (non-hydrogen) atoms. The quantitative estimate of drug-likeness (QED) is 0.740. The van der Waals surface area contributed by atoms with Crippen molar-refractivity contribution >= 4 is 5.78 Å². The Morgan fingerprint density at radius 1 is 1.25 bits per heavy atom. The van der Waals surface area contributed by atoms with Crippen LogP contribution in [0.3, 0.4) is 0 Å². The summed E-state index contributed by atoms with van der Waals surface area (Å²) >= 11 is 0. The highest BCUT2D eigenvalue weighted by Crippen LogP contribution is 2.28. The molecule has 88 valence electrons. The van der Waals surface area contributed by atoms with Crippen LogP contribution in [0.25, 0.3) is 0 Å². The number of alkyl halides is 2. The lowest BCUT2D eigenvalue weighted by Gasteiger charge is -2.18.